The molecule has 150 valence electrons. The third-order valence-corrected chi connectivity index (χ3v) is 6.15. The normalized spacial score (nSPS) is 15.2. The SMILES string of the molecule is O=C(CCCN1C(=O)/C(=C\c2ccccc2Cl)SC1=S)NCCc1ccccc1. The van der Waals surface area contributed by atoms with Gasteiger partial charge >= 0.3 is 0 Å². The lowest BCUT2D eigenvalue weighted by Gasteiger charge is -2.14. The van der Waals surface area contributed by atoms with Crippen molar-refractivity contribution in [3.63, 3.8) is 0 Å². The van der Waals surface area contributed by atoms with Crippen LogP contribution in [-0.2, 0) is 16.0 Å². The minimum Gasteiger partial charge on any atom is -0.356 e. The van der Waals surface area contributed by atoms with E-state index in [4.69, 9.17) is 23.8 Å². The van der Waals surface area contributed by atoms with Crippen LogP contribution in [-0.4, -0.2) is 34.1 Å². The van der Waals surface area contributed by atoms with E-state index in [1.165, 1.54) is 17.3 Å². The van der Waals surface area contributed by atoms with Gasteiger partial charge < -0.3 is 5.32 Å². The van der Waals surface area contributed by atoms with Gasteiger partial charge in [0.05, 0.1) is 4.91 Å². The highest BCUT2D eigenvalue weighted by Gasteiger charge is 2.31. The first-order valence-corrected chi connectivity index (χ1v) is 11.0. The van der Waals surface area contributed by atoms with Crippen molar-refractivity contribution in [2.75, 3.05) is 13.1 Å². The summed E-state index contributed by atoms with van der Waals surface area (Å²) in [5.74, 6) is -0.151. The van der Waals surface area contributed by atoms with Gasteiger partial charge in [-0.2, -0.15) is 0 Å². The maximum absolute atomic E-state index is 12.6. The number of rotatable bonds is 8. The van der Waals surface area contributed by atoms with Crippen molar-refractivity contribution in [1.82, 2.24) is 10.2 Å². The van der Waals surface area contributed by atoms with E-state index in [1.54, 1.807) is 17.0 Å². The summed E-state index contributed by atoms with van der Waals surface area (Å²) in [7, 11) is 0. The van der Waals surface area contributed by atoms with Crippen LogP contribution in [0.1, 0.15) is 24.0 Å². The smallest absolute Gasteiger partial charge is 0.266 e. The fraction of sp³-hybridized carbons (Fsp3) is 0.227. The fourth-order valence-electron chi connectivity index (χ4n) is 2.90. The zero-order valence-electron chi connectivity index (χ0n) is 15.8. The topological polar surface area (TPSA) is 49.4 Å². The Labute approximate surface area is 185 Å². The van der Waals surface area contributed by atoms with Crippen LogP contribution in [0.5, 0.6) is 0 Å². The van der Waals surface area contributed by atoms with Crippen molar-refractivity contribution >= 4 is 57.8 Å². The predicted octanol–water partition coefficient (Wildman–Crippen LogP) is 4.68. The average molecular weight is 445 g/mol. The molecule has 0 atom stereocenters. The Hall–Kier alpha value is -2.15. The van der Waals surface area contributed by atoms with Crippen LogP contribution in [0.3, 0.4) is 0 Å². The van der Waals surface area contributed by atoms with Crippen LogP contribution >= 0.6 is 35.6 Å². The lowest BCUT2D eigenvalue weighted by atomic mass is 10.1. The molecule has 1 heterocycles. The minimum atomic E-state index is -0.135. The maximum atomic E-state index is 12.6. The number of hydrogen-bond acceptors (Lipinski definition) is 4. The van der Waals surface area contributed by atoms with E-state index < -0.39 is 0 Å². The largest absolute Gasteiger partial charge is 0.356 e. The number of thioether (sulfide) groups is 1. The number of hydrogen-bond donors (Lipinski definition) is 1. The van der Waals surface area contributed by atoms with Crippen molar-refractivity contribution in [2.45, 2.75) is 19.3 Å². The predicted molar refractivity (Wildman–Crippen MR) is 124 cm³/mol. The Morgan fingerprint density at radius 2 is 1.86 bits per heavy atom. The van der Waals surface area contributed by atoms with Gasteiger partial charge in [-0.3, -0.25) is 14.5 Å². The summed E-state index contributed by atoms with van der Waals surface area (Å²) in [5, 5.41) is 3.51. The van der Waals surface area contributed by atoms with E-state index in [1.807, 2.05) is 48.5 Å². The summed E-state index contributed by atoms with van der Waals surface area (Å²) >= 11 is 12.8. The third-order valence-electron chi connectivity index (χ3n) is 4.43. The first-order chi connectivity index (χ1) is 14.0. The maximum Gasteiger partial charge on any atom is 0.266 e. The van der Waals surface area contributed by atoms with E-state index in [9.17, 15) is 9.59 Å². The number of carbonyl (C=O) groups excluding carboxylic acids is 2. The van der Waals surface area contributed by atoms with E-state index >= 15 is 0 Å². The monoisotopic (exact) mass is 444 g/mol. The first-order valence-electron chi connectivity index (χ1n) is 9.35. The Morgan fingerprint density at radius 1 is 1.14 bits per heavy atom. The van der Waals surface area contributed by atoms with Crippen molar-refractivity contribution in [2.24, 2.45) is 0 Å². The second kappa shape index (κ2) is 10.6. The number of nitrogens with zero attached hydrogens (tertiary/aromatic N) is 1. The molecule has 2 aromatic carbocycles. The second-order valence-corrected chi connectivity index (χ2v) is 8.63. The molecular weight excluding hydrogens is 424 g/mol. The molecule has 29 heavy (non-hydrogen) atoms. The zero-order valence-corrected chi connectivity index (χ0v) is 18.2. The molecule has 2 amide bonds. The Morgan fingerprint density at radius 3 is 2.62 bits per heavy atom. The van der Waals surface area contributed by atoms with Crippen molar-refractivity contribution in [1.29, 1.82) is 0 Å². The van der Waals surface area contributed by atoms with Gasteiger partial charge in [-0.05, 0) is 36.1 Å². The van der Waals surface area contributed by atoms with Crippen molar-refractivity contribution in [3.05, 3.63) is 75.7 Å². The fourth-order valence-corrected chi connectivity index (χ4v) is 4.39. The molecule has 1 N–H and O–H groups in total. The van der Waals surface area contributed by atoms with Crippen LogP contribution in [0.15, 0.2) is 59.5 Å². The van der Waals surface area contributed by atoms with Gasteiger partial charge in [-0.15, -0.1) is 0 Å². The number of nitrogens with one attached hydrogen (secondary N) is 1. The number of benzene rings is 2. The molecular formula is C22H21ClN2O2S2. The van der Waals surface area contributed by atoms with Crippen molar-refractivity contribution in [3.8, 4) is 0 Å². The number of thiocarbonyl (C=S) groups is 1. The summed E-state index contributed by atoms with van der Waals surface area (Å²) in [4.78, 5) is 26.8. The molecule has 0 aliphatic carbocycles. The van der Waals surface area contributed by atoms with Crippen LogP contribution in [0.4, 0.5) is 0 Å². The summed E-state index contributed by atoms with van der Waals surface area (Å²) in [5.41, 5.74) is 1.98. The van der Waals surface area contributed by atoms with Crippen molar-refractivity contribution < 1.29 is 9.59 Å². The van der Waals surface area contributed by atoms with Crippen LogP contribution in [0, 0.1) is 0 Å². The van der Waals surface area contributed by atoms with Gasteiger partial charge in [-0.1, -0.05) is 84.1 Å². The summed E-state index contributed by atoms with van der Waals surface area (Å²) < 4.78 is 0.512. The van der Waals surface area contributed by atoms with Gasteiger partial charge in [0.1, 0.15) is 4.32 Å². The lowest BCUT2D eigenvalue weighted by molar-refractivity contribution is -0.123. The second-order valence-electron chi connectivity index (χ2n) is 6.54. The van der Waals surface area contributed by atoms with Gasteiger partial charge in [0.25, 0.3) is 5.91 Å². The molecule has 1 aliphatic rings. The Kier molecular flexibility index (Phi) is 7.86. The van der Waals surface area contributed by atoms with E-state index in [-0.39, 0.29) is 11.8 Å². The lowest BCUT2D eigenvalue weighted by Crippen LogP contribution is -2.31. The van der Waals surface area contributed by atoms with Gasteiger partial charge in [0.2, 0.25) is 5.91 Å². The quantitative estimate of drug-likeness (QED) is 0.474. The van der Waals surface area contributed by atoms with E-state index in [2.05, 4.69) is 5.32 Å². The van der Waals surface area contributed by atoms with Gasteiger partial charge in [0, 0.05) is 24.5 Å². The molecule has 0 spiro atoms. The van der Waals surface area contributed by atoms with Gasteiger partial charge in [-0.25, -0.2) is 0 Å². The molecule has 0 radical (unpaired) electrons. The Balaban J connectivity index is 1.44. The Bertz CT molecular complexity index is 931. The molecule has 0 aromatic heterocycles. The molecule has 1 aliphatic heterocycles. The molecule has 0 bridgehead atoms. The molecule has 1 fully saturated rings. The molecule has 3 rings (SSSR count). The first kappa shape index (κ1) is 21.6. The number of amides is 2. The minimum absolute atomic E-state index is 0.0158. The van der Waals surface area contributed by atoms with Crippen LogP contribution < -0.4 is 5.32 Å². The molecule has 4 nitrogen and oxygen atoms in total. The summed E-state index contributed by atoms with van der Waals surface area (Å²) in [6.07, 6.45) is 3.48. The molecule has 0 unspecified atom stereocenters. The molecule has 2 aromatic rings. The third kappa shape index (κ3) is 6.16. The van der Waals surface area contributed by atoms with Crippen LogP contribution in [0.2, 0.25) is 5.02 Å². The van der Waals surface area contributed by atoms with Gasteiger partial charge in [0.15, 0.2) is 0 Å². The molecule has 0 saturated carbocycles. The highest BCUT2D eigenvalue weighted by Crippen LogP contribution is 2.33. The molecule has 1 saturated heterocycles. The summed E-state index contributed by atoms with van der Waals surface area (Å²) in [6, 6.07) is 17.4. The highest BCUT2D eigenvalue weighted by atomic mass is 35.5. The number of carbonyl (C=O) groups is 2. The standard InChI is InChI=1S/C22H21ClN2O2S2/c23-18-10-5-4-9-17(18)15-19-21(27)25(22(28)29-19)14-6-11-20(26)24-13-12-16-7-2-1-3-8-16/h1-5,7-10,15H,6,11-14H2,(H,24,26)/b19-15+. The van der Waals surface area contributed by atoms with Crippen LogP contribution in [0.25, 0.3) is 6.08 Å². The number of halogens is 1. The van der Waals surface area contributed by atoms with E-state index in [0.29, 0.717) is 40.2 Å². The average Bonchev–Trinajstić information content (AvgIpc) is 2.98. The molecule has 7 heteroatoms. The highest BCUT2D eigenvalue weighted by molar-refractivity contribution is 8.26. The zero-order chi connectivity index (χ0) is 20.6. The summed E-state index contributed by atoms with van der Waals surface area (Å²) in [6.45, 7) is 1.03. The van der Waals surface area contributed by atoms with E-state index in [0.717, 1.165) is 12.0 Å².